The molecule has 3 heterocycles. The molecular formula is C13H10N4OS2. The number of thiophene rings is 1. The van der Waals surface area contributed by atoms with Crippen LogP contribution in [0.5, 0.6) is 0 Å². The Bertz CT molecular complexity index is 736. The topological polar surface area (TPSA) is 67.8 Å². The van der Waals surface area contributed by atoms with Gasteiger partial charge in [-0.15, -0.1) is 21.5 Å². The molecule has 7 heteroatoms. The summed E-state index contributed by atoms with van der Waals surface area (Å²) in [6.45, 7) is 1.97. The summed E-state index contributed by atoms with van der Waals surface area (Å²) in [5.41, 5.74) is 0.935. The second kappa shape index (κ2) is 5.48. The predicted molar refractivity (Wildman–Crippen MR) is 80.1 cm³/mol. The van der Waals surface area contributed by atoms with Crippen molar-refractivity contribution in [2.24, 2.45) is 0 Å². The molecule has 3 aromatic rings. The van der Waals surface area contributed by atoms with Crippen LogP contribution in [0.2, 0.25) is 0 Å². The van der Waals surface area contributed by atoms with Crippen molar-refractivity contribution in [2.75, 3.05) is 5.32 Å². The Hall–Kier alpha value is -2.12. The third-order valence-electron chi connectivity index (χ3n) is 2.54. The first-order valence-corrected chi connectivity index (χ1v) is 7.47. The van der Waals surface area contributed by atoms with Gasteiger partial charge in [-0.1, -0.05) is 11.3 Å². The molecule has 0 unspecified atom stereocenters. The Morgan fingerprint density at radius 3 is 2.60 bits per heavy atom. The van der Waals surface area contributed by atoms with Gasteiger partial charge in [0.15, 0.2) is 0 Å². The van der Waals surface area contributed by atoms with E-state index in [9.17, 15) is 4.79 Å². The van der Waals surface area contributed by atoms with Crippen LogP contribution in [-0.4, -0.2) is 21.1 Å². The Morgan fingerprint density at radius 2 is 1.90 bits per heavy atom. The molecule has 0 saturated heterocycles. The van der Waals surface area contributed by atoms with E-state index in [-0.39, 0.29) is 5.91 Å². The van der Waals surface area contributed by atoms with Crippen LogP contribution in [0.15, 0.2) is 36.7 Å². The Labute approximate surface area is 123 Å². The van der Waals surface area contributed by atoms with Crippen molar-refractivity contribution in [1.82, 2.24) is 15.2 Å². The second-order valence-electron chi connectivity index (χ2n) is 4.01. The second-order valence-corrected chi connectivity index (χ2v) is 6.28. The molecule has 3 rings (SSSR count). The number of nitrogens with one attached hydrogen (secondary N) is 1. The minimum atomic E-state index is -0.152. The quantitative estimate of drug-likeness (QED) is 0.806. The van der Waals surface area contributed by atoms with E-state index in [0.717, 1.165) is 15.4 Å². The molecule has 0 fully saturated rings. The molecule has 1 N–H and O–H groups in total. The number of hydrogen-bond acceptors (Lipinski definition) is 6. The van der Waals surface area contributed by atoms with Crippen LogP contribution in [0, 0.1) is 6.92 Å². The molecule has 0 atom stereocenters. The summed E-state index contributed by atoms with van der Waals surface area (Å²) >= 11 is 2.79. The first-order chi connectivity index (χ1) is 9.72. The van der Waals surface area contributed by atoms with E-state index in [1.54, 1.807) is 18.5 Å². The lowest BCUT2D eigenvalue weighted by atomic mass is 10.3. The van der Waals surface area contributed by atoms with E-state index in [1.165, 1.54) is 22.7 Å². The lowest BCUT2D eigenvalue weighted by molar-refractivity contribution is 0.103. The molecule has 1 amide bonds. The molecular weight excluding hydrogens is 292 g/mol. The number of carbonyl (C=O) groups excluding carboxylic acids is 1. The van der Waals surface area contributed by atoms with Gasteiger partial charge in [0.05, 0.1) is 4.88 Å². The van der Waals surface area contributed by atoms with Gasteiger partial charge in [-0.2, -0.15) is 0 Å². The van der Waals surface area contributed by atoms with Crippen molar-refractivity contribution in [2.45, 2.75) is 6.92 Å². The molecule has 0 bridgehead atoms. The van der Waals surface area contributed by atoms with E-state index in [2.05, 4.69) is 20.5 Å². The minimum absolute atomic E-state index is 0.152. The number of rotatable bonds is 3. The molecule has 0 aliphatic heterocycles. The Morgan fingerprint density at radius 1 is 1.10 bits per heavy atom. The highest BCUT2D eigenvalue weighted by molar-refractivity contribution is 7.18. The molecule has 0 aromatic carbocycles. The lowest BCUT2D eigenvalue weighted by Gasteiger charge is -1.96. The third kappa shape index (κ3) is 2.73. The van der Waals surface area contributed by atoms with Gasteiger partial charge in [0, 0.05) is 22.8 Å². The summed E-state index contributed by atoms with van der Waals surface area (Å²) in [7, 11) is 0. The summed E-state index contributed by atoms with van der Waals surface area (Å²) in [5.74, 6) is -0.152. The maximum absolute atomic E-state index is 12.0. The average molecular weight is 302 g/mol. The summed E-state index contributed by atoms with van der Waals surface area (Å²) in [6, 6.07) is 7.44. The van der Waals surface area contributed by atoms with Crippen LogP contribution in [0.25, 0.3) is 10.6 Å². The number of amides is 1. The largest absolute Gasteiger partial charge is 0.296 e. The van der Waals surface area contributed by atoms with Gasteiger partial charge in [-0.05, 0) is 31.2 Å². The maximum atomic E-state index is 12.0. The van der Waals surface area contributed by atoms with Crippen LogP contribution in [-0.2, 0) is 0 Å². The van der Waals surface area contributed by atoms with Crippen LogP contribution in [0.3, 0.4) is 0 Å². The van der Waals surface area contributed by atoms with Crippen molar-refractivity contribution >= 4 is 33.7 Å². The lowest BCUT2D eigenvalue weighted by Crippen LogP contribution is -2.09. The standard InChI is InChI=1S/C13H10N4OS2/c1-8-2-3-10(19-8)11(18)15-13-17-16-12(20-13)9-4-6-14-7-5-9/h2-7H,1H3,(H,15,17,18). The van der Waals surface area contributed by atoms with Crippen molar-refractivity contribution < 1.29 is 4.79 Å². The van der Waals surface area contributed by atoms with Crippen LogP contribution in [0.1, 0.15) is 14.5 Å². The molecule has 0 aliphatic carbocycles. The predicted octanol–water partition coefficient (Wildman–Crippen LogP) is 3.22. The van der Waals surface area contributed by atoms with Gasteiger partial charge >= 0.3 is 0 Å². The van der Waals surface area contributed by atoms with E-state index in [4.69, 9.17) is 0 Å². The molecule has 0 radical (unpaired) electrons. The highest BCUT2D eigenvalue weighted by Crippen LogP contribution is 2.26. The number of aryl methyl sites for hydroxylation is 1. The van der Waals surface area contributed by atoms with Gasteiger partial charge in [-0.25, -0.2) is 0 Å². The number of anilines is 1. The number of aromatic nitrogens is 3. The highest BCUT2D eigenvalue weighted by atomic mass is 32.1. The monoisotopic (exact) mass is 302 g/mol. The number of hydrogen-bond donors (Lipinski definition) is 1. The molecule has 3 aromatic heterocycles. The summed E-state index contributed by atoms with van der Waals surface area (Å²) in [5, 5.41) is 12.1. The van der Waals surface area contributed by atoms with E-state index in [0.29, 0.717) is 10.0 Å². The first kappa shape index (κ1) is 12.9. The van der Waals surface area contributed by atoms with Crippen molar-refractivity contribution in [1.29, 1.82) is 0 Å². The van der Waals surface area contributed by atoms with Gasteiger partial charge in [-0.3, -0.25) is 15.1 Å². The highest BCUT2D eigenvalue weighted by Gasteiger charge is 2.12. The van der Waals surface area contributed by atoms with Crippen molar-refractivity contribution in [3.8, 4) is 10.6 Å². The van der Waals surface area contributed by atoms with Crippen molar-refractivity contribution in [3.05, 3.63) is 46.4 Å². The van der Waals surface area contributed by atoms with Crippen LogP contribution < -0.4 is 5.32 Å². The van der Waals surface area contributed by atoms with Crippen molar-refractivity contribution in [3.63, 3.8) is 0 Å². The normalized spacial score (nSPS) is 10.4. The summed E-state index contributed by atoms with van der Waals surface area (Å²) in [4.78, 5) is 17.7. The van der Waals surface area contributed by atoms with Gasteiger partial charge in [0.1, 0.15) is 5.01 Å². The number of pyridine rings is 1. The smallest absolute Gasteiger partial charge is 0.267 e. The summed E-state index contributed by atoms with van der Waals surface area (Å²) < 4.78 is 0. The average Bonchev–Trinajstić information content (AvgIpc) is 3.09. The van der Waals surface area contributed by atoms with E-state index >= 15 is 0 Å². The molecule has 5 nitrogen and oxygen atoms in total. The Kier molecular flexibility index (Phi) is 3.53. The number of nitrogens with zero attached hydrogens (tertiary/aromatic N) is 3. The van der Waals surface area contributed by atoms with E-state index in [1.807, 2.05) is 25.1 Å². The van der Waals surface area contributed by atoms with Crippen LogP contribution in [0.4, 0.5) is 5.13 Å². The fourth-order valence-electron chi connectivity index (χ4n) is 1.60. The van der Waals surface area contributed by atoms with Gasteiger partial charge in [0.25, 0.3) is 5.91 Å². The summed E-state index contributed by atoms with van der Waals surface area (Å²) in [6.07, 6.45) is 3.40. The molecule has 0 saturated carbocycles. The molecule has 0 aliphatic rings. The zero-order chi connectivity index (χ0) is 13.9. The first-order valence-electron chi connectivity index (χ1n) is 5.84. The van der Waals surface area contributed by atoms with Crippen LogP contribution >= 0.6 is 22.7 Å². The molecule has 20 heavy (non-hydrogen) atoms. The van der Waals surface area contributed by atoms with E-state index < -0.39 is 0 Å². The zero-order valence-corrected chi connectivity index (χ0v) is 12.2. The minimum Gasteiger partial charge on any atom is -0.296 e. The SMILES string of the molecule is Cc1ccc(C(=O)Nc2nnc(-c3ccncc3)s2)s1. The fourth-order valence-corrected chi connectivity index (χ4v) is 3.11. The Balaban J connectivity index is 1.76. The molecule has 0 spiro atoms. The van der Waals surface area contributed by atoms with Gasteiger partial charge < -0.3 is 0 Å². The van der Waals surface area contributed by atoms with Gasteiger partial charge in [0.2, 0.25) is 5.13 Å². The molecule has 100 valence electrons. The zero-order valence-electron chi connectivity index (χ0n) is 10.5. The number of carbonyl (C=O) groups is 1. The fraction of sp³-hybridized carbons (Fsp3) is 0.0769. The maximum Gasteiger partial charge on any atom is 0.267 e. The third-order valence-corrected chi connectivity index (χ3v) is 4.42.